The van der Waals surface area contributed by atoms with E-state index in [0.29, 0.717) is 13.0 Å². The second-order valence-electron chi connectivity index (χ2n) is 1.97. The minimum atomic E-state index is 0.238. The molecule has 0 saturated carbocycles. The second kappa shape index (κ2) is 5.18. The number of rotatable bonds is 1. The molecule has 0 aromatic heterocycles. The van der Waals surface area contributed by atoms with Crippen LogP contribution in [0.4, 0.5) is 0 Å². The number of hydrogen-bond donors (Lipinski definition) is 1. The molecule has 0 aromatic rings. The molecule has 2 nitrogen and oxygen atoms in total. The number of Topliss-reactive ketones (excluding diaryl/α,β-unsaturated/α-hetero) is 1. The highest BCUT2D eigenvalue weighted by atomic mass is 16.1. The van der Waals surface area contributed by atoms with Gasteiger partial charge in [-0.2, -0.15) is 0 Å². The van der Waals surface area contributed by atoms with Crippen molar-refractivity contribution in [3.63, 3.8) is 0 Å². The van der Waals surface area contributed by atoms with E-state index in [1.807, 2.05) is 13.8 Å². The predicted octanol–water partition coefficient (Wildman–Crippen LogP) is 1.13. The highest BCUT2D eigenvalue weighted by Crippen LogP contribution is 2.00. The minimum absolute atomic E-state index is 0.238. The van der Waals surface area contributed by atoms with Crippen LogP contribution < -0.4 is 5.32 Å². The van der Waals surface area contributed by atoms with Crippen molar-refractivity contribution < 1.29 is 4.79 Å². The largest absolute Gasteiger partial charge is 0.303 e. The van der Waals surface area contributed by atoms with Crippen LogP contribution in [0.15, 0.2) is 12.7 Å². The van der Waals surface area contributed by atoms with Crippen LogP contribution in [0, 0.1) is 0 Å². The van der Waals surface area contributed by atoms with Crippen LogP contribution in [0.2, 0.25) is 0 Å². The van der Waals surface area contributed by atoms with E-state index in [1.54, 1.807) is 6.08 Å². The van der Waals surface area contributed by atoms with Gasteiger partial charge in [-0.15, -0.1) is 6.58 Å². The molecular weight excluding hydrogens is 126 g/mol. The van der Waals surface area contributed by atoms with Crippen molar-refractivity contribution in [1.82, 2.24) is 5.32 Å². The summed E-state index contributed by atoms with van der Waals surface area (Å²) < 4.78 is 0. The van der Waals surface area contributed by atoms with Gasteiger partial charge in [0.15, 0.2) is 0 Å². The Morgan fingerprint density at radius 3 is 2.50 bits per heavy atom. The maximum atomic E-state index is 10.5. The predicted molar refractivity (Wildman–Crippen MR) is 43.0 cm³/mol. The van der Waals surface area contributed by atoms with Gasteiger partial charge in [0, 0.05) is 12.5 Å². The number of ketones is 1. The van der Waals surface area contributed by atoms with Crippen LogP contribution in [0.5, 0.6) is 0 Å². The molecule has 0 aliphatic carbocycles. The molecule has 10 heavy (non-hydrogen) atoms. The SMILES string of the molecule is C=CC1CC(=O)CN1.CC. The smallest absolute Gasteiger partial charge is 0.148 e. The van der Waals surface area contributed by atoms with Gasteiger partial charge >= 0.3 is 0 Å². The van der Waals surface area contributed by atoms with Gasteiger partial charge in [-0.1, -0.05) is 19.9 Å². The standard InChI is InChI=1S/C6H9NO.C2H6/c1-2-5-3-6(8)4-7-5;1-2/h2,5,7H,1,3-4H2;1-2H3. The normalized spacial score (nSPS) is 23.4. The Labute approximate surface area is 62.3 Å². The Morgan fingerprint density at radius 1 is 1.70 bits per heavy atom. The van der Waals surface area contributed by atoms with Crippen molar-refractivity contribution in [2.24, 2.45) is 0 Å². The van der Waals surface area contributed by atoms with Crippen molar-refractivity contribution in [2.45, 2.75) is 26.3 Å². The number of nitrogens with one attached hydrogen (secondary N) is 1. The molecule has 1 aliphatic heterocycles. The highest BCUT2D eigenvalue weighted by molar-refractivity contribution is 5.83. The van der Waals surface area contributed by atoms with Crippen molar-refractivity contribution >= 4 is 5.78 Å². The average Bonchev–Trinajstić information content (AvgIpc) is 2.40. The van der Waals surface area contributed by atoms with Crippen LogP contribution in [-0.2, 0) is 4.79 Å². The summed E-state index contributed by atoms with van der Waals surface area (Å²) in [5.41, 5.74) is 0. The van der Waals surface area contributed by atoms with Gasteiger partial charge in [-0.25, -0.2) is 0 Å². The second-order valence-corrected chi connectivity index (χ2v) is 1.97. The van der Waals surface area contributed by atoms with Gasteiger partial charge < -0.3 is 5.32 Å². The summed E-state index contributed by atoms with van der Waals surface area (Å²) in [6.45, 7) is 8.09. The lowest BCUT2D eigenvalue weighted by Crippen LogP contribution is -2.17. The van der Waals surface area contributed by atoms with Gasteiger partial charge in [0.25, 0.3) is 0 Å². The summed E-state index contributed by atoms with van der Waals surface area (Å²) in [4.78, 5) is 10.5. The quantitative estimate of drug-likeness (QED) is 0.555. The minimum Gasteiger partial charge on any atom is -0.303 e. The van der Waals surface area contributed by atoms with Gasteiger partial charge in [0.05, 0.1) is 6.54 Å². The summed E-state index contributed by atoms with van der Waals surface area (Å²) in [6.07, 6.45) is 2.40. The first-order valence-electron chi connectivity index (χ1n) is 3.70. The molecule has 0 radical (unpaired) electrons. The summed E-state index contributed by atoms with van der Waals surface area (Å²) in [5.74, 6) is 0.287. The van der Waals surface area contributed by atoms with Crippen molar-refractivity contribution in [2.75, 3.05) is 6.54 Å². The third-order valence-corrected chi connectivity index (χ3v) is 1.29. The van der Waals surface area contributed by atoms with E-state index in [1.165, 1.54) is 0 Å². The number of hydrogen-bond acceptors (Lipinski definition) is 2. The van der Waals surface area contributed by atoms with E-state index >= 15 is 0 Å². The topological polar surface area (TPSA) is 29.1 Å². The fraction of sp³-hybridized carbons (Fsp3) is 0.625. The Morgan fingerprint density at radius 2 is 2.30 bits per heavy atom. The Bertz CT molecular complexity index is 120. The molecule has 0 bridgehead atoms. The van der Waals surface area contributed by atoms with Gasteiger partial charge in [0.1, 0.15) is 5.78 Å². The molecule has 1 fully saturated rings. The zero-order chi connectivity index (χ0) is 7.98. The van der Waals surface area contributed by atoms with Crippen LogP contribution >= 0.6 is 0 Å². The lowest BCUT2D eigenvalue weighted by atomic mass is 10.2. The molecule has 1 aliphatic rings. The molecule has 1 rings (SSSR count). The van der Waals surface area contributed by atoms with E-state index < -0.39 is 0 Å². The molecule has 1 saturated heterocycles. The molecule has 1 atom stereocenters. The zero-order valence-corrected chi connectivity index (χ0v) is 6.68. The molecule has 0 aromatic carbocycles. The first-order chi connectivity index (χ1) is 4.83. The fourth-order valence-corrected chi connectivity index (χ4v) is 0.801. The average molecular weight is 141 g/mol. The third-order valence-electron chi connectivity index (χ3n) is 1.29. The summed E-state index contributed by atoms with van der Waals surface area (Å²) in [7, 11) is 0. The van der Waals surface area contributed by atoms with E-state index in [9.17, 15) is 4.79 Å². The molecule has 1 unspecified atom stereocenters. The van der Waals surface area contributed by atoms with Gasteiger partial charge in [0.2, 0.25) is 0 Å². The maximum Gasteiger partial charge on any atom is 0.148 e. The number of carbonyl (C=O) groups excluding carboxylic acids is 1. The van der Waals surface area contributed by atoms with Crippen molar-refractivity contribution in [1.29, 1.82) is 0 Å². The first kappa shape index (κ1) is 9.37. The lowest BCUT2D eigenvalue weighted by molar-refractivity contribution is -0.116. The Hall–Kier alpha value is -0.630. The third kappa shape index (κ3) is 2.78. The zero-order valence-electron chi connectivity index (χ0n) is 6.68. The van der Waals surface area contributed by atoms with Crippen molar-refractivity contribution in [3.05, 3.63) is 12.7 Å². The van der Waals surface area contributed by atoms with E-state index in [2.05, 4.69) is 11.9 Å². The first-order valence-corrected chi connectivity index (χ1v) is 3.70. The van der Waals surface area contributed by atoms with Crippen LogP contribution in [0.3, 0.4) is 0 Å². The van der Waals surface area contributed by atoms with Crippen molar-refractivity contribution in [3.8, 4) is 0 Å². The van der Waals surface area contributed by atoms with Crippen LogP contribution in [0.1, 0.15) is 20.3 Å². The molecule has 58 valence electrons. The summed E-state index contributed by atoms with van der Waals surface area (Å²) in [5, 5.41) is 2.99. The highest BCUT2D eigenvalue weighted by Gasteiger charge is 2.17. The molecule has 1 heterocycles. The summed E-state index contributed by atoms with van der Waals surface area (Å²) in [6, 6.07) is 0.238. The molecule has 0 spiro atoms. The summed E-state index contributed by atoms with van der Waals surface area (Å²) >= 11 is 0. The fourth-order valence-electron chi connectivity index (χ4n) is 0.801. The Balaban J connectivity index is 0.000000371. The van der Waals surface area contributed by atoms with Crippen LogP contribution in [-0.4, -0.2) is 18.4 Å². The molecule has 1 N–H and O–H groups in total. The Kier molecular flexibility index (Phi) is 4.85. The van der Waals surface area contributed by atoms with Gasteiger partial charge in [-0.3, -0.25) is 4.79 Å². The van der Waals surface area contributed by atoms with E-state index in [4.69, 9.17) is 0 Å². The monoisotopic (exact) mass is 141 g/mol. The van der Waals surface area contributed by atoms with Gasteiger partial charge in [-0.05, 0) is 0 Å². The molecule has 0 amide bonds. The van der Waals surface area contributed by atoms with E-state index in [0.717, 1.165) is 0 Å². The molecule has 2 heteroatoms. The lowest BCUT2D eigenvalue weighted by Gasteiger charge is -1.96. The van der Waals surface area contributed by atoms with Crippen LogP contribution in [0.25, 0.3) is 0 Å². The molecular formula is C8H15NO. The number of carbonyl (C=O) groups is 1. The maximum absolute atomic E-state index is 10.5. The van der Waals surface area contributed by atoms with E-state index in [-0.39, 0.29) is 11.8 Å².